The zero-order valence-corrected chi connectivity index (χ0v) is 11.5. The standard InChI is InChI=1S/C15H24N2O/c1-3-17(10-12-4-5-12)11-13-6-7-15(18-2)14(8-13)9-16/h6-8,12H,3-5,9-11,16H2,1-2H3. The van der Waals surface area contributed by atoms with Crippen LogP contribution in [0, 0.1) is 5.92 Å². The number of methoxy groups -OCH3 is 1. The summed E-state index contributed by atoms with van der Waals surface area (Å²) in [5.41, 5.74) is 8.18. The zero-order chi connectivity index (χ0) is 13.0. The molecule has 1 saturated carbocycles. The lowest BCUT2D eigenvalue weighted by atomic mass is 10.1. The average molecular weight is 248 g/mol. The van der Waals surface area contributed by atoms with Gasteiger partial charge in [-0.25, -0.2) is 0 Å². The Balaban J connectivity index is 2.02. The van der Waals surface area contributed by atoms with Crippen LogP contribution in [0.2, 0.25) is 0 Å². The second-order valence-corrected chi connectivity index (χ2v) is 5.12. The average Bonchev–Trinajstić information content (AvgIpc) is 3.21. The summed E-state index contributed by atoms with van der Waals surface area (Å²) >= 11 is 0. The van der Waals surface area contributed by atoms with Gasteiger partial charge in [0, 0.05) is 25.2 Å². The van der Waals surface area contributed by atoms with E-state index in [1.165, 1.54) is 24.9 Å². The van der Waals surface area contributed by atoms with Gasteiger partial charge in [-0.05, 0) is 43.0 Å². The van der Waals surface area contributed by atoms with Crippen molar-refractivity contribution in [2.24, 2.45) is 11.7 Å². The molecule has 1 aromatic rings. The van der Waals surface area contributed by atoms with E-state index in [-0.39, 0.29) is 0 Å². The van der Waals surface area contributed by atoms with Crippen LogP contribution in [-0.4, -0.2) is 25.1 Å². The van der Waals surface area contributed by atoms with E-state index in [0.29, 0.717) is 6.54 Å². The van der Waals surface area contributed by atoms with Gasteiger partial charge in [0.05, 0.1) is 7.11 Å². The normalized spacial score (nSPS) is 15.1. The van der Waals surface area contributed by atoms with Gasteiger partial charge >= 0.3 is 0 Å². The Labute approximate surface area is 110 Å². The van der Waals surface area contributed by atoms with Crippen LogP contribution in [0.4, 0.5) is 0 Å². The second kappa shape index (κ2) is 6.21. The molecular weight excluding hydrogens is 224 g/mol. The van der Waals surface area contributed by atoms with Crippen molar-refractivity contribution in [1.82, 2.24) is 4.90 Å². The van der Waals surface area contributed by atoms with Gasteiger partial charge in [0.15, 0.2) is 0 Å². The number of benzene rings is 1. The Bertz CT molecular complexity index is 388. The molecule has 3 nitrogen and oxygen atoms in total. The van der Waals surface area contributed by atoms with E-state index in [9.17, 15) is 0 Å². The van der Waals surface area contributed by atoms with E-state index in [1.54, 1.807) is 7.11 Å². The molecule has 0 atom stereocenters. The summed E-state index contributed by atoms with van der Waals surface area (Å²) in [5.74, 6) is 1.84. The van der Waals surface area contributed by atoms with Gasteiger partial charge in [-0.3, -0.25) is 4.90 Å². The summed E-state index contributed by atoms with van der Waals surface area (Å²) in [4.78, 5) is 2.51. The molecule has 1 aliphatic carbocycles. The number of nitrogens with zero attached hydrogens (tertiary/aromatic N) is 1. The molecule has 0 heterocycles. The quantitative estimate of drug-likeness (QED) is 0.805. The summed E-state index contributed by atoms with van der Waals surface area (Å²) in [7, 11) is 1.69. The fourth-order valence-electron chi connectivity index (χ4n) is 2.32. The van der Waals surface area contributed by atoms with Gasteiger partial charge in [-0.2, -0.15) is 0 Å². The third kappa shape index (κ3) is 3.47. The van der Waals surface area contributed by atoms with E-state index in [4.69, 9.17) is 10.5 Å². The first-order chi connectivity index (χ1) is 8.76. The van der Waals surface area contributed by atoms with Crippen LogP contribution in [0.3, 0.4) is 0 Å². The van der Waals surface area contributed by atoms with Crippen molar-refractivity contribution in [1.29, 1.82) is 0 Å². The number of nitrogens with two attached hydrogens (primary N) is 1. The van der Waals surface area contributed by atoms with Gasteiger partial charge in [0.2, 0.25) is 0 Å². The van der Waals surface area contributed by atoms with Crippen LogP contribution in [0.5, 0.6) is 5.75 Å². The predicted molar refractivity (Wildman–Crippen MR) is 74.6 cm³/mol. The second-order valence-electron chi connectivity index (χ2n) is 5.12. The highest BCUT2D eigenvalue weighted by molar-refractivity contribution is 5.37. The van der Waals surface area contributed by atoms with Gasteiger partial charge in [0.1, 0.15) is 5.75 Å². The summed E-state index contributed by atoms with van der Waals surface area (Å²) in [6.07, 6.45) is 2.82. The van der Waals surface area contributed by atoms with Crippen molar-refractivity contribution in [3.05, 3.63) is 29.3 Å². The van der Waals surface area contributed by atoms with E-state index >= 15 is 0 Å². The lowest BCUT2D eigenvalue weighted by molar-refractivity contribution is 0.268. The van der Waals surface area contributed by atoms with Crippen LogP contribution in [0.25, 0.3) is 0 Å². The third-order valence-electron chi connectivity index (χ3n) is 3.63. The first kappa shape index (κ1) is 13.4. The molecule has 0 amide bonds. The van der Waals surface area contributed by atoms with Crippen LogP contribution >= 0.6 is 0 Å². The minimum absolute atomic E-state index is 0.533. The molecule has 18 heavy (non-hydrogen) atoms. The molecule has 0 spiro atoms. The summed E-state index contributed by atoms with van der Waals surface area (Å²) in [5, 5.41) is 0. The first-order valence-corrected chi connectivity index (χ1v) is 6.85. The number of ether oxygens (including phenoxy) is 1. The molecule has 0 bridgehead atoms. The molecule has 0 unspecified atom stereocenters. The Morgan fingerprint density at radius 2 is 2.17 bits per heavy atom. The predicted octanol–water partition coefficient (Wildman–Crippen LogP) is 2.39. The largest absolute Gasteiger partial charge is 0.496 e. The van der Waals surface area contributed by atoms with Gasteiger partial charge in [-0.15, -0.1) is 0 Å². The maximum Gasteiger partial charge on any atom is 0.123 e. The fraction of sp³-hybridized carbons (Fsp3) is 0.600. The van der Waals surface area contributed by atoms with E-state index < -0.39 is 0 Å². The van der Waals surface area contributed by atoms with Crippen LogP contribution in [-0.2, 0) is 13.1 Å². The molecular formula is C15H24N2O. The number of hydrogen-bond donors (Lipinski definition) is 1. The highest BCUT2D eigenvalue weighted by atomic mass is 16.5. The Morgan fingerprint density at radius 1 is 1.39 bits per heavy atom. The Hall–Kier alpha value is -1.06. The molecule has 100 valence electrons. The Kier molecular flexibility index (Phi) is 4.61. The SMILES string of the molecule is CCN(Cc1ccc(OC)c(CN)c1)CC1CC1. The van der Waals surface area contributed by atoms with Crippen LogP contribution in [0.15, 0.2) is 18.2 Å². The molecule has 2 N–H and O–H groups in total. The van der Waals surface area contributed by atoms with Gasteiger partial charge < -0.3 is 10.5 Å². The lowest BCUT2D eigenvalue weighted by Gasteiger charge is -2.21. The first-order valence-electron chi connectivity index (χ1n) is 6.85. The summed E-state index contributed by atoms with van der Waals surface area (Å²) in [6.45, 7) is 6.13. The van der Waals surface area contributed by atoms with Gasteiger partial charge in [0.25, 0.3) is 0 Å². The molecule has 2 rings (SSSR count). The molecule has 1 aromatic carbocycles. The number of rotatable bonds is 7. The van der Waals surface area contributed by atoms with E-state index in [1.807, 2.05) is 6.07 Å². The number of hydrogen-bond acceptors (Lipinski definition) is 3. The van der Waals surface area contributed by atoms with Crippen molar-refractivity contribution in [3.63, 3.8) is 0 Å². The van der Waals surface area contributed by atoms with Crippen molar-refractivity contribution in [2.45, 2.75) is 32.9 Å². The van der Waals surface area contributed by atoms with E-state index in [2.05, 4.69) is 24.0 Å². The highest BCUT2D eigenvalue weighted by Gasteiger charge is 2.23. The minimum atomic E-state index is 0.533. The molecule has 1 fully saturated rings. The minimum Gasteiger partial charge on any atom is -0.496 e. The molecule has 0 radical (unpaired) electrons. The fourth-order valence-corrected chi connectivity index (χ4v) is 2.32. The zero-order valence-electron chi connectivity index (χ0n) is 11.5. The summed E-state index contributed by atoms with van der Waals surface area (Å²) < 4.78 is 5.30. The summed E-state index contributed by atoms with van der Waals surface area (Å²) in [6, 6.07) is 6.35. The smallest absolute Gasteiger partial charge is 0.123 e. The molecule has 0 saturated heterocycles. The third-order valence-corrected chi connectivity index (χ3v) is 3.63. The van der Waals surface area contributed by atoms with Crippen LogP contribution < -0.4 is 10.5 Å². The Morgan fingerprint density at radius 3 is 2.72 bits per heavy atom. The van der Waals surface area contributed by atoms with Gasteiger partial charge in [-0.1, -0.05) is 13.0 Å². The lowest BCUT2D eigenvalue weighted by Crippen LogP contribution is -2.25. The maximum absolute atomic E-state index is 5.76. The van der Waals surface area contributed by atoms with E-state index in [0.717, 1.165) is 30.3 Å². The highest BCUT2D eigenvalue weighted by Crippen LogP contribution is 2.30. The van der Waals surface area contributed by atoms with Crippen molar-refractivity contribution < 1.29 is 4.74 Å². The van der Waals surface area contributed by atoms with Crippen molar-refractivity contribution >= 4 is 0 Å². The van der Waals surface area contributed by atoms with Crippen molar-refractivity contribution in [2.75, 3.05) is 20.2 Å². The molecule has 1 aliphatic rings. The van der Waals surface area contributed by atoms with Crippen molar-refractivity contribution in [3.8, 4) is 5.75 Å². The topological polar surface area (TPSA) is 38.5 Å². The molecule has 3 heteroatoms. The monoisotopic (exact) mass is 248 g/mol. The van der Waals surface area contributed by atoms with Crippen LogP contribution in [0.1, 0.15) is 30.9 Å². The molecule has 0 aromatic heterocycles. The maximum atomic E-state index is 5.76. The molecule has 0 aliphatic heterocycles.